The van der Waals surface area contributed by atoms with Gasteiger partial charge in [0.2, 0.25) is 0 Å². The van der Waals surface area contributed by atoms with Gasteiger partial charge in [-0.05, 0) is 39.2 Å². The van der Waals surface area contributed by atoms with Crippen molar-refractivity contribution in [3.8, 4) is 0 Å². The molecule has 0 amide bonds. The first kappa shape index (κ1) is 20.0. The fraction of sp³-hybridized carbons (Fsp3) is 0.938. The molecule has 2 fully saturated rings. The molecule has 22 heavy (non-hydrogen) atoms. The Morgan fingerprint density at radius 1 is 1.14 bits per heavy atom. The molecule has 130 valence electrons. The normalized spacial score (nSPS) is 22.0. The first-order valence-corrected chi connectivity index (χ1v) is 8.71. The van der Waals surface area contributed by atoms with Crippen molar-refractivity contribution in [2.75, 3.05) is 52.4 Å². The largest absolute Gasteiger partial charge is 0.357 e. The summed E-state index contributed by atoms with van der Waals surface area (Å²) in [6, 6.07) is 0.528. The highest BCUT2D eigenvalue weighted by atomic mass is 127. The van der Waals surface area contributed by atoms with Gasteiger partial charge in [0.15, 0.2) is 5.96 Å². The summed E-state index contributed by atoms with van der Waals surface area (Å²) >= 11 is 0. The number of likely N-dealkylation sites (N-methyl/N-ethyl adjacent to an activating group) is 1. The third-order valence-corrected chi connectivity index (χ3v) is 4.59. The molecule has 0 aromatic carbocycles. The molecule has 2 N–H and O–H groups in total. The van der Waals surface area contributed by atoms with Crippen LogP contribution in [0.3, 0.4) is 0 Å². The SMILES string of the molecule is CCNC(=NCC(C)N1CCN(CC)CC1)NCC1CC1.I. The zero-order chi connectivity index (χ0) is 15.1. The molecule has 0 aromatic heterocycles. The van der Waals surface area contributed by atoms with E-state index in [-0.39, 0.29) is 24.0 Å². The van der Waals surface area contributed by atoms with Crippen molar-refractivity contribution in [3.05, 3.63) is 0 Å². The Morgan fingerprint density at radius 3 is 2.36 bits per heavy atom. The molecule has 2 aliphatic rings. The van der Waals surface area contributed by atoms with E-state index in [4.69, 9.17) is 4.99 Å². The van der Waals surface area contributed by atoms with Gasteiger partial charge >= 0.3 is 0 Å². The maximum atomic E-state index is 4.77. The van der Waals surface area contributed by atoms with Crippen molar-refractivity contribution in [1.82, 2.24) is 20.4 Å². The second-order valence-electron chi connectivity index (χ2n) is 6.36. The molecule has 5 nitrogen and oxygen atoms in total. The predicted octanol–water partition coefficient (Wildman–Crippen LogP) is 1.60. The zero-order valence-corrected chi connectivity index (χ0v) is 16.8. The summed E-state index contributed by atoms with van der Waals surface area (Å²) in [5.74, 6) is 1.87. The van der Waals surface area contributed by atoms with Crippen molar-refractivity contribution in [2.24, 2.45) is 10.9 Å². The number of halogens is 1. The van der Waals surface area contributed by atoms with Crippen molar-refractivity contribution in [1.29, 1.82) is 0 Å². The Balaban J connectivity index is 0.00000242. The number of nitrogens with one attached hydrogen (secondary N) is 2. The van der Waals surface area contributed by atoms with Crippen LogP contribution < -0.4 is 10.6 Å². The van der Waals surface area contributed by atoms with Gasteiger partial charge < -0.3 is 15.5 Å². The molecule has 1 aliphatic carbocycles. The number of piperazine rings is 1. The van der Waals surface area contributed by atoms with Gasteiger partial charge in [-0.1, -0.05) is 6.92 Å². The topological polar surface area (TPSA) is 42.9 Å². The maximum absolute atomic E-state index is 4.77. The highest BCUT2D eigenvalue weighted by molar-refractivity contribution is 14.0. The van der Waals surface area contributed by atoms with E-state index in [9.17, 15) is 0 Å². The van der Waals surface area contributed by atoms with Crippen LogP contribution in [-0.2, 0) is 0 Å². The summed E-state index contributed by atoms with van der Waals surface area (Å²) in [7, 11) is 0. The predicted molar refractivity (Wildman–Crippen MR) is 105 cm³/mol. The lowest BCUT2D eigenvalue weighted by Crippen LogP contribution is -2.50. The van der Waals surface area contributed by atoms with Crippen LogP contribution in [-0.4, -0.2) is 74.2 Å². The molecule has 1 unspecified atom stereocenters. The van der Waals surface area contributed by atoms with E-state index in [1.807, 2.05) is 0 Å². The number of hydrogen-bond donors (Lipinski definition) is 2. The van der Waals surface area contributed by atoms with Gasteiger partial charge in [0.1, 0.15) is 0 Å². The molecule has 2 rings (SSSR count). The molecule has 1 aliphatic heterocycles. The molecule has 0 spiro atoms. The van der Waals surface area contributed by atoms with E-state index >= 15 is 0 Å². The molecule has 6 heteroatoms. The van der Waals surface area contributed by atoms with Crippen LogP contribution in [0.1, 0.15) is 33.6 Å². The number of guanidine groups is 1. The van der Waals surface area contributed by atoms with Crippen molar-refractivity contribution in [3.63, 3.8) is 0 Å². The van der Waals surface area contributed by atoms with E-state index in [2.05, 4.69) is 41.2 Å². The molecule has 0 radical (unpaired) electrons. The van der Waals surface area contributed by atoms with Gasteiger partial charge in [0.05, 0.1) is 6.54 Å². The lowest BCUT2D eigenvalue weighted by molar-refractivity contribution is 0.109. The molecule has 1 saturated carbocycles. The molecule has 1 saturated heterocycles. The van der Waals surface area contributed by atoms with Crippen LogP contribution in [0.15, 0.2) is 4.99 Å². The summed E-state index contributed by atoms with van der Waals surface area (Å²) in [6.07, 6.45) is 2.76. The molecule has 0 aromatic rings. The van der Waals surface area contributed by atoms with Gasteiger partial charge in [0.25, 0.3) is 0 Å². The van der Waals surface area contributed by atoms with Crippen LogP contribution in [0.5, 0.6) is 0 Å². The first-order valence-electron chi connectivity index (χ1n) is 8.71. The second kappa shape index (κ2) is 10.6. The minimum absolute atomic E-state index is 0. The average Bonchev–Trinajstić information content (AvgIpc) is 3.34. The average molecular weight is 423 g/mol. The van der Waals surface area contributed by atoms with Crippen LogP contribution in [0, 0.1) is 5.92 Å². The van der Waals surface area contributed by atoms with E-state index in [0.717, 1.165) is 31.5 Å². The van der Waals surface area contributed by atoms with Gasteiger partial charge in [0, 0.05) is 45.3 Å². The van der Waals surface area contributed by atoms with Gasteiger partial charge in [-0.15, -0.1) is 24.0 Å². The molecule has 1 atom stereocenters. The van der Waals surface area contributed by atoms with Gasteiger partial charge in [-0.25, -0.2) is 0 Å². The Kier molecular flexibility index (Phi) is 9.66. The quantitative estimate of drug-likeness (QED) is 0.371. The van der Waals surface area contributed by atoms with Gasteiger partial charge in [-0.2, -0.15) is 0 Å². The summed E-state index contributed by atoms with van der Waals surface area (Å²) in [4.78, 5) is 9.86. The zero-order valence-electron chi connectivity index (χ0n) is 14.5. The number of nitrogens with zero attached hydrogens (tertiary/aromatic N) is 3. The maximum Gasteiger partial charge on any atom is 0.191 e. The number of aliphatic imine (C=N–C) groups is 1. The molecule has 1 heterocycles. The molecule has 0 bridgehead atoms. The lowest BCUT2D eigenvalue weighted by Gasteiger charge is -2.37. The summed E-state index contributed by atoms with van der Waals surface area (Å²) < 4.78 is 0. The van der Waals surface area contributed by atoms with Gasteiger partial charge in [-0.3, -0.25) is 9.89 Å². The van der Waals surface area contributed by atoms with E-state index < -0.39 is 0 Å². The number of hydrogen-bond acceptors (Lipinski definition) is 3. The summed E-state index contributed by atoms with van der Waals surface area (Å²) in [5.41, 5.74) is 0. The lowest BCUT2D eigenvalue weighted by atomic mass is 10.2. The summed E-state index contributed by atoms with van der Waals surface area (Å²) in [6.45, 7) is 15.5. The minimum atomic E-state index is 0. The van der Waals surface area contributed by atoms with Crippen LogP contribution in [0.4, 0.5) is 0 Å². The van der Waals surface area contributed by atoms with Crippen molar-refractivity contribution >= 4 is 29.9 Å². The Morgan fingerprint density at radius 2 is 1.82 bits per heavy atom. The van der Waals surface area contributed by atoms with E-state index in [1.54, 1.807) is 0 Å². The van der Waals surface area contributed by atoms with E-state index in [1.165, 1.54) is 45.6 Å². The van der Waals surface area contributed by atoms with Crippen LogP contribution in [0.2, 0.25) is 0 Å². The monoisotopic (exact) mass is 423 g/mol. The fourth-order valence-corrected chi connectivity index (χ4v) is 2.76. The van der Waals surface area contributed by atoms with Crippen LogP contribution in [0.25, 0.3) is 0 Å². The van der Waals surface area contributed by atoms with E-state index in [0.29, 0.717) is 6.04 Å². The smallest absolute Gasteiger partial charge is 0.191 e. The number of rotatable bonds is 7. The molecular weight excluding hydrogens is 389 g/mol. The fourth-order valence-electron chi connectivity index (χ4n) is 2.76. The third-order valence-electron chi connectivity index (χ3n) is 4.59. The molecular formula is C16H34IN5. The Bertz CT molecular complexity index is 324. The highest BCUT2D eigenvalue weighted by Crippen LogP contribution is 2.27. The Labute approximate surface area is 153 Å². The minimum Gasteiger partial charge on any atom is -0.357 e. The summed E-state index contributed by atoms with van der Waals surface area (Å²) in [5, 5.41) is 6.82. The standard InChI is InChI=1S/C16H33N5.HI/c1-4-17-16(19-13-15-6-7-15)18-12-14(3)21-10-8-20(5-2)9-11-21;/h14-15H,4-13H2,1-3H3,(H2,17,18,19);1H. The van der Waals surface area contributed by atoms with Crippen LogP contribution >= 0.6 is 24.0 Å². The Hall–Kier alpha value is -0.0800. The third kappa shape index (κ3) is 7.00. The van der Waals surface area contributed by atoms with Crippen molar-refractivity contribution < 1.29 is 0 Å². The van der Waals surface area contributed by atoms with Crippen molar-refractivity contribution in [2.45, 2.75) is 39.7 Å². The highest BCUT2D eigenvalue weighted by Gasteiger charge is 2.22. The second-order valence-corrected chi connectivity index (χ2v) is 6.36. The first-order chi connectivity index (χ1) is 10.2.